The van der Waals surface area contributed by atoms with Crippen LogP contribution >= 0.6 is 0 Å². The third-order valence-electron chi connectivity index (χ3n) is 4.15. The van der Waals surface area contributed by atoms with Gasteiger partial charge in [-0.15, -0.1) is 0 Å². The van der Waals surface area contributed by atoms with E-state index in [0.717, 1.165) is 42.3 Å². The van der Waals surface area contributed by atoms with Crippen molar-refractivity contribution in [3.8, 4) is 11.3 Å². The number of rotatable bonds is 5. The van der Waals surface area contributed by atoms with Crippen LogP contribution in [0.4, 0.5) is 5.82 Å². The van der Waals surface area contributed by atoms with Crippen LogP contribution in [-0.2, 0) is 6.54 Å². The van der Waals surface area contributed by atoms with Gasteiger partial charge in [0.25, 0.3) is 0 Å². The van der Waals surface area contributed by atoms with Crippen molar-refractivity contribution in [1.82, 2.24) is 9.55 Å². The van der Waals surface area contributed by atoms with Crippen molar-refractivity contribution in [1.29, 1.82) is 0 Å². The van der Waals surface area contributed by atoms with Gasteiger partial charge in [0.05, 0.1) is 0 Å². The molecule has 0 saturated heterocycles. The molecule has 21 heavy (non-hydrogen) atoms. The summed E-state index contributed by atoms with van der Waals surface area (Å²) in [6.07, 6.45) is 2.29. The van der Waals surface area contributed by atoms with E-state index in [-0.39, 0.29) is 0 Å². The second-order valence-corrected chi connectivity index (χ2v) is 6.11. The average molecular weight is 285 g/mol. The number of nitrogen functional groups attached to an aromatic ring is 1. The number of benzene rings is 1. The average Bonchev–Trinajstić information content (AvgIpc) is 2.77. The van der Waals surface area contributed by atoms with Crippen LogP contribution in [0, 0.1) is 13.8 Å². The minimum atomic E-state index is 0.378. The summed E-state index contributed by atoms with van der Waals surface area (Å²) in [4.78, 5) is 4.87. The summed E-state index contributed by atoms with van der Waals surface area (Å²) in [5.41, 5.74) is 11.1. The molecule has 0 bridgehead atoms. The van der Waals surface area contributed by atoms with Crippen LogP contribution in [-0.4, -0.2) is 9.55 Å². The van der Waals surface area contributed by atoms with E-state index in [1.54, 1.807) is 0 Å². The third kappa shape index (κ3) is 2.97. The summed E-state index contributed by atoms with van der Waals surface area (Å²) >= 11 is 0. The summed E-state index contributed by atoms with van der Waals surface area (Å²) in [5, 5.41) is 0. The molecule has 0 aliphatic rings. The molecule has 3 heteroatoms. The molecule has 1 heterocycles. The van der Waals surface area contributed by atoms with E-state index < -0.39 is 0 Å². The molecule has 0 atom stereocenters. The normalized spacial score (nSPS) is 11.3. The predicted molar refractivity (Wildman–Crippen MR) is 90.5 cm³/mol. The van der Waals surface area contributed by atoms with E-state index >= 15 is 0 Å². The van der Waals surface area contributed by atoms with Crippen molar-refractivity contribution in [3.63, 3.8) is 0 Å². The predicted octanol–water partition coefficient (Wildman–Crippen LogP) is 4.67. The van der Waals surface area contributed by atoms with E-state index in [9.17, 15) is 0 Å². The second kappa shape index (κ2) is 6.33. The Morgan fingerprint density at radius 1 is 1.24 bits per heavy atom. The summed E-state index contributed by atoms with van der Waals surface area (Å²) < 4.78 is 2.20. The lowest BCUT2D eigenvalue weighted by Gasteiger charge is -2.11. The molecule has 0 radical (unpaired) electrons. The zero-order valence-electron chi connectivity index (χ0n) is 13.9. The van der Waals surface area contributed by atoms with Crippen molar-refractivity contribution in [2.24, 2.45) is 0 Å². The van der Waals surface area contributed by atoms with Crippen molar-refractivity contribution < 1.29 is 0 Å². The number of nitrogens with zero attached hydrogens (tertiary/aromatic N) is 2. The van der Waals surface area contributed by atoms with Gasteiger partial charge in [-0.3, -0.25) is 0 Å². The molecule has 0 aliphatic heterocycles. The molecule has 0 amide bonds. The van der Waals surface area contributed by atoms with Gasteiger partial charge in [-0.2, -0.15) is 0 Å². The lowest BCUT2D eigenvalue weighted by molar-refractivity contribution is 0.588. The number of imidazole rings is 1. The summed E-state index contributed by atoms with van der Waals surface area (Å²) in [6, 6.07) is 6.33. The van der Waals surface area contributed by atoms with Gasteiger partial charge in [0.2, 0.25) is 0 Å². The van der Waals surface area contributed by atoms with E-state index in [0.29, 0.717) is 5.92 Å². The van der Waals surface area contributed by atoms with E-state index in [2.05, 4.69) is 57.4 Å². The van der Waals surface area contributed by atoms with Gasteiger partial charge >= 0.3 is 0 Å². The van der Waals surface area contributed by atoms with Crippen LogP contribution in [0.3, 0.4) is 0 Å². The molecule has 0 aliphatic carbocycles. The Balaban J connectivity index is 2.57. The third-order valence-corrected chi connectivity index (χ3v) is 4.15. The number of hydrogen-bond acceptors (Lipinski definition) is 2. The quantitative estimate of drug-likeness (QED) is 0.867. The van der Waals surface area contributed by atoms with Gasteiger partial charge in [0, 0.05) is 18.0 Å². The van der Waals surface area contributed by atoms with Gasteiger partial charge in [-0.05, 0) is 31.4 Å². The molecule has 3 nitrogen and oxygen atoms in total. The maximum atomic E-state index is 6.43. The standard InChI is InChI=1S/C18H27N3/c1-6-7-11-21-17(19)16(20-18(21)12(2)3)15-10-8-9-13(4)14(15)5/h8-10,12H,6-7,11,19H2,1-5H3. The molecule has 1 aromatic heterocycles. The molecule has 2 aromatic rings. The van der Waals surface area contributed by atoms with Gasteiger partial charge < -0.3 is 10.3 Å². The van der Waals surface area contributed by atoms with Gasteiger partial charge in [-0.25, -0.2) is 4.98 Å². The Labute approximate surface area is 128 Å². The molecule has 114 valence electrons. The second-order valence-electron chi connectivity index (χ2n) is 6.11. The fourth-order valence-corrected chi connectivity index (χ4v) is 2.68. The lowest BCUT2D eigenvalue weighted by Crippen LogP contribution is -2.08. The Bertz CT molecular complexity index is 624. The maximum absolute atomic E-state index is 6.43. The van der Waals surface area contributed by atoms with Crippen LogP contribution < -0.4 is 5.73 Å². The number of hydrogen-bond donors (Lipinski definition) is 1. The van der Waals surface area contributed by atoms with E-state index in [4.69, 9.17) is 10.7 Å². The first-order chi connectivity index (χ1) is 9.97. The first-order valence-corrected chi connectivity index (χ1v) is 7.89. The molecule has 1 aromatic carbocycles. The van der Waals surface area contributed by atoms with Crippen LogP contribution in [0.5, 0.6) is 0 Å². The summed E-state index contributed by atoms with van der Waals surface area (Å²) in [6.45, 7) is 11.8. The molecule has 0 saturated carbocycles. The summed E-state index contributed by atoms with van der Waals surface area (Å²) in [5.74, 6) is 2.28. The number of anilines is 1. The lowest BCUT2D eigenvalue weighted by atomic mass is 10.0. The minimum Gasteiger partial charge on any atom is -0.383 e. The fourth-order valence-electron chi connectivity index (χ4n) is 2.68. The first kappa shape index (κ1) is 15.6. The monoisotopic (exact) mass is 285 g/mol. The first-order valence-electron chi connectivity index (χ1n) is 7.89. The molecule has 0 spiro atoms. The van der Waals surface area contributed by atoms with Crippen LogP contribution in [0.2, 0.25) is 0 Å². The Kier molecular flexibility index (Phi) is 4.71. The van der Waals surface area contributed by atoms with Crippen molar-refractivity contribution >= 4 is 5.82 Å². The SMILES string of the molecule is CCCCn1c(C(C)C)nc(-c2cccc(C)c2C)c1N. The molecule has 0 unspecified atom stereocenters. The highest BCUT2D eigenvalue weighted by molar-refractivity contribution is 5.74. The highest BCUT2D eigenvalue weighted by atomic mass is 15.1. The summed E-state index contributed by atoms with van der Waals surface area (Å²) in [7, 11) is 0. The van der Waals surface area contributed by atoms with Gasteiger partial charge in [0.15, 0.2) is 0 Å². The zero-order valence-corrected chi connectivity index (χ0v) is 13.9. The molecule has 2 N–H and O–H groups in total. The van der Waals surface area contributed by atoms with Crippen molar-refractivity contribution in [2.45, 2.75) is 59.9 Å². The topological polar surface area (TPSA) is 43.8 Å². The van der Waals surface area contributed by atoms with Crippen LogP contribution in [0.1, 0.15) is 56.5 Å². The van der Waals surface area contributed by atoms with Crippen molar-refractivity contribution in [3.05, 3.63) is 35.2 Å². The molecular weight excluding hydrogens is 258 g/mol. The molecular formula is C18H27N3. The Hall–Kier alpha value is -1.77. The fraction of sp³-hybridized carbons (Fsp3) is 0.500. The number of nitrogens with two attached hydrogens (primary N) is 1. The maximum Gasteiger partial charge on any atom is 0.131 e. The Morgan fingerprint density at radius 2 is 1.95 bits per heavy atom. The zero-order chi connectivity index (χ0) is 15.6. The largest absolute Gasteiger partial charge is 0.383 e. The highest BCUT2D eigenvalue weighted by Gasteiger charge is 2.19. The van der Waals surface area contributed by atoms with Gasteiger partial charge in [0.1, 0.15) is 17.3 Å². The van der Waals surface area contributed by atoms with Crippen molar-refractivity contribution in [2.75, 3.05) is 5.73 Å². The van der Waals surface area contributed by atoms with Gasteiger partial charge in [-0.1, -0.05) is 45.4 Å². The number of unbranched alkanes of at least 4 members (excludes halogenated alkanes) is 1. The number of aromatic nitrogens is 2. The minimum absolute atomic E-state index is 0.378. The smallest absolute Gasteiger partial charge is 0.131 e. The van der Waals surface area contributed by atoms with E-state index in [1.165, 1.54) is 11.1 Å². The van der Waals surface area contributed by atoms with E-state index in [1.807, 2.05) is 0 Å². The Morgan fingerprint density at radius 3 is 2.57 bits per heavy atom. The molecule has 2 rings (SSSR count). The number of aryl methyl sites for hydroxylation is 1. The molecule has 0 fully saturated rings. The highest BCUT2D eigenvalue weighted by Crippen LogP contribution is 2.32. The van der Waals surface area contributed by atoms with Crippen LogP contribution in [0.25, 0.3) is 11.3 Å². The van der Waals surface area contributed by atoms with Crippen LogP contribution in [0.15, 0.2) is 18.2 Å².